The zero-order valence-electron chi connectivity index (χ0n) is 12.7. The monoisotopic (exact) mass is 296 g/mol. The first-order valence-electron chi connectivity index (χ1n) is 7.43. The van der Waals surface area contributed by atoms with E-state index in [2.05, 4.69) is 17.2 Å². The molecule has 2 unspecified atom stereocenters. The van der Waals surface area contributed by atoms with Crippen LogP contribution in [0.25, 0.3) is 0 Å². The number of alkyl halides is 1. The Morgan fingerprint density at radius 2 is 2.10 bits per heavy atom. The van der Waals surface area contributed by atoms with Gasteiger partial charge in [-0.1, -0.05) is 6.42 Å². The summed E-state index contributed by atoms with van der Waals surface area (Å²) in [5.74, 6) is 3.16. The highest BCUT2D eigenvalue weighted by molar-refractivity contribution is 6.18. The Morgan fingerprint density at radius 3 is 2.80 bits per heavy atom. The molecular weight excluding hydrogens is 272 g/mol. The van der Waals surface area contributed by atoms with E-state index in [0.717, 1.165) is 47.5 Å². The van der Waals surface area contributed by atoms with Crippen molar-refractivity contribution >= 4 is 11.6 Å². The van der Waals surface area contributed by atoms with E-state index in [1.54, 1.807) is 7.11 Å². The van der Waals surface area contributed by atoms with Gasteiger partial charge in [0.25, 0.3) is 0 Å². The van der Waals surface area contributed by atoms with Gasteiger partial charge < -0.3 is 10.1 Å². The fourth-order valence-electron chi connectivity index (χ4n) is 3.21. The number of nitrogens with zero attached hydrogens (tertiary/aromatic N) is 1. The van der Waals surface area contributed by atoms with Gasteiger partial charge >= 0.3 is 0 Å². The number of hydrogen-bond donors (Lipinski definition) is 1. The number of aromatic nitrogens is 1. The normalized spacial score (nSPS) is 22.2. The van der Waals surface area contributed by atoms with Crippen LogP contribution >= 0.6 is 11.6 Å². The maximum atomic E-state index is 6.02. The predicted octanol–water partition coefficient (Wildman–Crippen LogP) is 3.45. The molecule has 1 aromatic heterocycles. The molecule has 0 bridgehead atoms. The Morgan fingerprint density at radius 1 is 1.35 bits per heavy atom. The number of hydrogen-bond acceptors (Lipinski definition) is 3. The van der Waals surface area contributed by atoms with Gasteiger partial charge in [0.15, 0.2) is 0 Å². The number of ether oxygens (including phenoxy) is 1. The summed E-state index contributed by atoms with van der Waals surface area (Å²) in [7, 11) is 1.72. The van der Waals surface area contributed by atoms with Gasteiger partial charge in [0.1, 0.15) is 5.75 Å². The first kappa shape index (κ1) is 15.6. The molecule has 1 heterocycles. The van der Waals surface area contributed by atoms with Gasteiger partial charge in [-0.15, -0.1) is 11.6 Å². The smallest absolute Gasteiger partial charge is 0.128 e. The van der Waals surface area contributed by atoms with E-state index in [9.17, 15) is 0 Å². The van der Waals surface area contributed by atoms with Gasteiger partial charge in [0.2, 0.25) is 0 Å². The Labute approximate surface area is 127 Å². The van der Waals surface area contributed by atoms with Gasteiger partial charge in [-0.2, -0.15) is 0 Å². The van der Waals surface area contributed by atoms with Crippen LogP contribution in [0.3, 0.4) is 0 Å². The Hall–Kier alpha value is -0.800. The molecule has 0 saturated heterocycles. The van der Waals surface area contributed by atoms with E-state index in [1.807, 2.05) is 13.1 Å². The molecule has 112 valence electrons. The summed E-state index contributed by atoms with van der Waals surface area (Å²) in [5, 5.41) is 3.54. The van der Waals surface area contributed by atoms with Crippen molar-refractivity contribution in [2.75, 3.05) is 19.5 Å². The quantitative estimate of drug-likeness (QED) is 0.817. The lowest BCUT2D eigenvalue weighted by Gasteiger charge is -2.18. The molecule has 0 amide bonds. The summed E-state index contributed by atoms with van der Waals surface area (Å²) < 4.78 is 5.45. The van der Waals surface area contributed by atoms with E-state index >= 15 is 0 Å². The molecule has 1 aromatic rings. The maximum Gasteiger partial charge on any atom is 0.128 e. The van der Waals surface area contributed by atoms with Crippen LogP contribution in [0.4, 0.5) is 0 Å². The van der Waals surface area contributed by atoms with Crippen LogP contribution < -0.4 is 10.1 Å². The van der Waals surface area contributed by atoms with E-state index in [4.69, 9.17) is 16.3 Å². The van der Waals surface area contributed by atoms with Crippen LogP contribution in [0.15, 0.2) is 6.20 Å². The molecule has 0 aromatic carbocycles. The highest BCUT2D eigenvalue weighted by Crippen LogP contribution is 2.32. The van der Waals surface area contributed by atoms with Gasteiger partial charge in [0.05, 0.1) is 12.8 Å². The van der Waals surface area contributed by atoms with Crippen molar-refractivity contribution in [3.63, 3.8) is 0 Å². The predicted molar refractivity (Wildman–Crippen MR) is 83.5 cm³/mol. The van der Waals surface area contributed by atoms with Crippen molar-refractivity contribution in [3.8, 4) is 5.75 Å². The highest BCUT2D eigenvalue weighted by atomic mass is 35.5. The Balaban J connectivity index is 1.91. The first-order chi connectivity index (χ1) is 9.67. The average molecular weight is 297 g/mol. The minimum atomic E-state index is 0.686. The van der Waals surface area contributed by atoms with Gasteiger partial charge in [-0.3, -0.25) is 4.98 Å². The molecule has 2 rings (SSSR count). The summed E-state index contributed by atoms with van der Waals surface area (Å²) in [4.78, 5) is 4.52. The van der Waals surface area contributed by atoms with E-state index in [0.29, 0.717) is 5.92 Å². The summed E-state index contributed by atoms with van der Waals surface area (Å²) in [5.41, 5.74) is 3.31. The summed E-state index contributed by atoms with van der Waals surface area (Å²) in [6, 6.07) is 0. The molecule has 0 radical (unpaired) electrons. The van der Waals surface area contributed by atoms with Crippen molar-refractivity contribution in [1.82, 2.24) is 10.3 Å². The molecule has 1 aliphatic rings. The summed E-state index contributed by atoms with van der Waals surface area (Å²) >= 11 is 6.02. The lowest BCUT2D eigenvalue weighted by Crippen LogP contribution is -2.26. The fraction of sp³-hybridized carbons (Fsp3) is 0.688. The van der Waals surface area contributed by atoms with E-state index < -0.39 is 0 Å². The Bertz CT molecular complexity index is 450. The second kappa shape index (κ2) is 7.28. The van der Waals surface area contributed by atoms with E-state index in [1.165, 1.54) is 19.3 Å². The summed E-state index contributed by atoms with van der Waals surface area (Å²) in [6.07, 6.45) is 5.79. The summed E-state index contributed by atoms with van der Waals surface area (Å²) in [6.45, 7) is 5.94. The van der Waals surface area contributed by atoms with Crippen LogP contribution in [0, 0.1) is 25.7 Å². The molecule has 4 heteroatoms. The van der Waals surface area contributed by atoms with Crippen molar-refractivity contribution in [1.29, 1.82) is 0 Å². The highest BCUT2D eigenvalue weighted by Gasteiger charge is 2.25. The first-order valence-corrected chi connectivity index (χ1v) is 7.96. The van der Waals surface area contributed by atoms with Crippen molar-refractivity contribution in [2.24, 2.45) is 11.8 Å². The van der Waals surface area contributed by atoms with Crippen LogP contribution in [0.1, 0.15) is 36.1 Å². The number of pyridine rings is 1. The third kappa shape index (κ3) is 3.44. The molecule has 1 saturated carbocycles. The number of aryl methyl sites for hydroxylation is 1. The average Bonchev–Trinajstić information content (AvgIpc) is 2.89. The molecule has 1 N–H and O–H groups in total. The number of nitrogens with one attached hydrogen (secondary N) is 1. The maximum absolute atomic E-state index is 6.02. The zero-order valence-corrected chi connectivity index (χ0v) is 13.5. The molecular formula is C16H25ClN2O. The number of halogens is 1. The largest absolute Gasteiger partial charge is 0.496 e. The molecule has 20 heavy (non-hydrogen) atoms. The number of rotatable bonds is 6. The molecule has 0 spiro atoms. The topological polar surface area (TPSA) is 34.1 Å². The lowest BCUT2D eigenvalue weighted by molar-refractivity contribution is 0.391. The van der Waals surface area contributed by atoms with Crippen molar-refractivity contribution < 1.29 is 4.74 Å². The lowest BCUT2D eigenvalue weighted by atomic mass is 9.98. The van der Waals surface area contributed by atoms with E-state index in [-0.39, 0.29) is 0 Å². The molecule has 0 aliphatic heterocycles. The minimum absolute atomic E-state index is 0.686. The zero-order chi connectivity index (χ0) is 14.5. The van der Waals surface area contributed by atoms with Gasteiger partial charge in [0, 0.05) is 29.7 Å². The second-order valence-corrected chi connectivity index (χ2v) is 6.09. The van der Waals surface area contributed by atoms with Crippen LogP contribution in [-0.2, 0) is 6.54 Å². The Kier molecular flexibility index (Phi) is 5.67. The molecule has 1 aliphatic carbocycles. The van der Waals surface area contributed by atoms with Gasteiger partial charge in [-0.05, 0) is 45.1 Å². The van der Waals surface area contributed by atoms with Crippen LogP contribution in [0.2, 0.25) is 0 Å². The second-order valence-electron chi connectivity index (χ2n) is 5.78. The third-order valence-electron chi connectivity index (χ3n) is 4.46. The standard InChI is InChI=1S/C16H25ClN2O/c1-11-8-19-15(12(2)16(11)20-3)10-18-9-14-6-4-5-13(14)7-17/h8,13-14,18H,4-7,9-10H2,1-3H3. The van der Waals surface area contributed by atoms with Crippen LogP contribution in [-0.4, -0.2) is 24.5 Å². The SMILES string of the molecule is COc1c(C)cnc(CNCC2CCCC2CCl)c1C. The fourth-order valence-corrected chi connectivity index (χ4v) is 3.62. The molecule has 3 nitrogen and oxygen atoms in total. The third-order valence-corrected chi connectivity index (χ3v) is 4.86. The van der Waals surface area contributed by atoms with Crippen molar-refractivity contribution in [3.05, 3.63) is 23.0 Å². The molecule has 2 atom stereocenters. The molecule has 1 fully saturated rings. The minimum Gasteiger partial charge on any atom is -0.496 e. The van der Waals surface area contributed by atoms with Crippen LogP contribution in [0.5, 0.6) is 5.75 Å². The van der Waals surface area contributed by atoms with Crippen molar-refractivity contribution in [2.45, 2.75) is 39.7 Å². The number of methoxy groups -OCH3 is 1. The van der Waals surface area contributed by atoms with Gasteiger partial charge in [-0.25, -0.2) is 0 Å².